The largest absolute Gasteiger partial charge is 0.478 e. The Hall–Kier alpha value is -1.26. The summed E-state index contributed by atoms with van der Waals surface area (Å²) in [6, 6.07) is 6.58. The van der Waals surface area contributed by atoms with Crippen LogP contribution in [0.1, 0.15) is 31.8 Å². The van der Waals surface area contributed by atoms with E-state index in [1.807, 2.05) is 6.92 Å². The first-order chi connectivity index (χ1) is 10.3. The van der Waals surface area contributed by atoms with Gasteiger partial charge in [-0.05, 0) is 6.92 Å². The molecule has 0 fully saturated rings. The summed E-state index contributed by atoms with van der Waals surface area (Å²) in [6.45, 7) is 1.86. The van der Waals surface area contributed by atoms with Crippen LogP contribution in [0.2, 0.25) is 20.1 Å². The number of carbonyl (C=O) groups is 2. The van der Waals surface area contributed by atoms with E-state index in [2.05, 4.69) is 0 Å². The molecule has 0 amide bonds. The van der Waals surface area contributed by atoms with Crippen LogP contribution in [0.25, 0.3) is 0 Å². The highest BCUT2D eigenvalue weighted by molar-refractivity contribution is 6.54. The zero-order chi connectivity index (χ0) is 16.6. The molecule has 0 aliphatic carbocycles. The predicted octanol–water partition coefficient (Wildman–Crippen LogP) is 5.54. The van der Waals surface area contributed by atoms with Crippen molar-refractivity contribution >= 4 is 58.2 Å². The predicted molar refractivity (Wildman–Crippen MR) is 88.1 cm³/mol. The van der Waals surface area contributed by atoms with E-state index in [1.54, 1.807) is 24.3 Å². The number of aryl methyl sites for hydroxylation is 1. The molecule has 0 unspecified atom stereocenters. The Bertz CT molecular complexity index is 783. The smallest absolute Gasteiger partial charge is 0.338 e. The molecule has 7 heteroatoms. The van der Waals surface area contributed by atoms with E-state index in [-0.39, 0.29) is 31.2 Å². The normalized spacial score (nSPS) is 10.6. The number of carbonyl (C=O) groups excluding carboxylic acids is 1. The third-order valence-corrected chi connectivity index (χ3v) is 4.82. The molecule has 0 saturated heterocycles. The van der Waals surface area contributed by atoms with Gasteiger partial charge >= 0.3 is 5.97 Å². The molecule has 2 rings (SSSR count). The zero-order valence-electron chi connectivity index (χ0n) is 11.1. The molecule has 0 aromatic heterocycles. The lowest BCUT2D eigenvalue weighted by Crippen LogP contribution is -2.12. The summed E-state index contributed by atoms with van der Waals surface area (Å²) in [4.78, 5) is 24.1. The standard InChI is InChI=1S/C15H8Cl4O3/c1-6-2-4-7(5-3-6)14(20)8-9(15(21)22)11(17)13(19)12(18)10(8)16/h2-5H,1H3,(H,21,22). The van der Waals surface area contributed by atoms with Crippen molar-refractivity contribution in [2.45, 2.75) is 6.92 Å². The first-order valence-corrected chi connectivity index (χ1v) is 7.47. The fraction of sp³-hybridized carbons (Fsp3) is 0.0667. The van der Waals surface area contributed by atoms with Crippen LogP contribution in [0.5, 0.6) is 0 Å². The van der Waals surface area contributed by atoms with Crippen LogP contribution in [0, 0.1) is 6.92 Å². The number of hydrogen-bond donors (Lipinski definition) is 1. The monoisotopic (exact) mass is 376 g/mol. The summed E-state index contributed by atoms with van der Waals surface area (Å²) in [7, 11) is 0. The molecular weight excluding hydrogens is 370 g/mol. The van der Waals surface area contributed by atoms with Gasteiger partial charge < -0.3 is 5.11 Å². The van der Waals surface area contributed by atoms with E-state index in [9.17, 15) is 14.7 Å². The lowest BCUT2D eigenvalue weighted by atomic mass is 9.97. The van der Waals surface area contributed by atoms with Crippen molar-refractivity contribution in [1.29, 1.82) is 0 Å². The quantitative estimate of drug-likeness (QED) is 0.434. The van der Waals surface area contributed by atoms with Gasteiger partial charge in [-0.1, -0.05) is 76.2 Å². The van der Waals surface area contributed by atoms with E-state index in [1.165, 1.54) is 0 Å². The molecule has 22 heavy (non-hydrogen) atoms. The Morgan fingerprint density at radius 3 is 1.73 bits per heavy atom. The summed E-state index contributed by atoms with van der Waals surface area (Å²) in [5, 5.41) is 8.41. The number of ketones is 1. The van der Waals surface area contributed by atoms with Crippen molar-refractivity contribution in [3.05, 3.63) is 66.6 Å². The molecule has 0 heterocycles. The van der Waals surface area contributed by atoms with Gasteiger partial charge in [-0.2, -0.15) is 0 Å². The van der Waals surface area contributed by atoms with Gasteiger partial charge in [-0.25, -0.2) is 4.79 Å². The lowest BCUT2D eigenvalue weighted by molar-refractivity contribution is 0.0693. The van der Waals surface area contributed by atoms with Gasteiger partial charge in [-0.3, -0.25) is 4.79 Å². The number of rotatable bonds is 3. The maximum absolute atomic E-state index is 12.6. The van der Waals surface area contributed by atoms with Gasteiger partial charge in [0, 0.05) is 5.56 Å². The second kappa shape index (κ2) is 6.47. The van der Waals surface area contributed by atoms with E-state index in [0.717, 1.165) is 5.56 Å². The minimum absolute atomic E-state index is 0.159. The van der Waals surface area contributed by atoms with Gasteiger partial charge in [0.2, 0.25) is 0 Å². The highest BCUT2D eigenvalue weighted by Gasteiger charge is 2.29. The van der Waals surface area contributed by atoms with Gasteiger partial charge in [-0.15, -0.1) is 0 Å². The fourth-order valence-corrected chi connectivity index (χ4v) is 2.91. The van der Waals surface area contributed by atoms with E-state index < -0.39 is 17.3 Å². The van der Waals surface area contributed by atoms with Gasteiger partial charge in [0.25, 0.3) is 0 Å². The van der Waals surface area contributed by atoms with E-state index in [4.69, 9.17) is 46.4 Å². The molecule has 3 nitrogen and oxygen atoms in total. The SMILES string of the molecule is Cc1ccc(C(=O)c2c(Cl)c(Cl)c(Cl)c(Cl)c2C(=O)O)cc1. The minimum Gasteiger partial charge on any atom is -0.478 e. The molecule has 0 radical (unpaired) electrons. The van der Waals surface area contributed by atoms with Gasteiger partial charge in [0.15, 0.2) is 5.78 Å². The molecule has 2 aromatic carbocycles. The van der Waals surface area contributed by atoms with Crippen molar-refractivity contribution in [2.75, 3.05) is 0 Å². The van der Waals surface area contributed by atoms with Crippen LogP contribution in [0.4, 0.5) is 0 Å². The highest BCUT2D eigenvalue weighted by Crippen LogP contribution is 2.42. The summed E-state index contributed by atoms with van der Waals surface area (Å²) in [5.41, 5.74) is 0.474. The molecule has 0 spiro atoms. The summed E-state index contributed by atoms with van der Waals surface area (Å²) < 4.78 is 0. The molecule has 1 N–H and O–H groups in total. The molecule has 114 valence electrons. The maximum atomic E-state index is 12.6. The van der Waals surface area contributed by atoms with Crippen LogP contribution in [0.3, 0.4) is 0 Å². The van der Waals surface area contributed by atoms with Crippen molar-refractivity contribution in [2.24, 2.45) is 0 Å². The van der Waals surface area contributed by atoms with Crippen molar-refractivity contribution in [1.82, 2.24) is 0 Å². The van der Waals surface area contributed by atoms with Crippen molar-refractivity contribution in [3.8, 4) is 0 Å². The Morgan fingerprint density at radius 1 is 0.818 bits per heavy atom. The summed E-state index contributed by atoms with van der Waals surface area (Å²) in [6.07, 6.45) is 0. The molecule has 0 aliphatic heterocycles. The first kappa shape index (κ1) is 17.1. The average Bonchev–Trinajstić information content (AvgIpc) is 2.48. The molecule has 0 saturated carbocycles. The highest BCUT2D eigenvalue weighted by atomic mass is 35.5. The van der Waals surface area contributed by atoms with Crippen LogP contribution < -0.4 is 0 Å². The second-order valence-electron chi connectivity index (χ2n) is 4.51. The zero-order valence-corrected chi connectivity index (χ0v) is 14.1. The molecular formula is C15H8Cl4O3. The lowest BCUT2D eigenvalue weighted by Gasteiger charge is -2.13. The minimum atomic E-state index is -1.42. The maximum Gasteiger partial charge on any atom is 0.338 e. The Balaban J connectivity index is 2.76. The Morgan fingerprint density at radius 2 is 1.27 bits per heavy atom. The van der Waals surface area contributed by atoms with Crippen molar-refractivity contribution < 1.29 is 14.7 Å². The molecule has 0 aliphatic rings. The fourth-order valence-electron chi connectivity index (χ4n) is 1.89. The number of carboxylic acid groups (broad SMARTS) is 1. The van der Waals surface area contributed by atoms with Crippen LogP contribution in [-0.2, 0) is 0 Å². The number of carboxylic acids is 1. The Labute approximate surface area is 146 Å². The van der Waals surface area contributed by atoms with E-state index >= 15 is 0 Å². The number of aromatic carboxylic acids is 1. The average molecular weight is 378 g/mol. The number of hydrogen-bond acceptors (Lipinski definition) is 2. The number of halogens is 4. The molecule has 0 bridgehead atoms. The summed E-state index contributed by atoms with van der Waals surface area (Å²) >= 11 is 23.7. The summed E-state index contributed by atoms with van der Waals surface area (Å²) in [5.74, 6) is -2.01. The topological polar surface area (TPSA) is 54.4 Å². The molecule has 0 atom stereocenters. The van der Waals surface area contributed by atoms with E-state index in [0.29, 0.717) is 0 Å². The third-order valence-electron chi connectivity index (χ3n) is 3.02. The van der Waals surface area contributed by atoms with Gasteiger partial charge in [0.1, 0.15) is 0 Å². The van der Waals surface area contributed by atoms with Crippen LogP contribution in [0.15, 0.2) is 24.3 Å². The van der Waals surface area contributed by atoms with Gasteiger partial charge in [0.05, 0.1) is 31.2 Å². The third kappa shape index (κ3) is 2.95. The second-order valence-corrected chi connectivity index (χ2v) is 6.02. The van der Waals surface area contributed by atoms with Crippen molar-refractivity contribution in [3.63, 3.8) is 0 Å². The molecule has 2 aromatic rings. The number of benzene rings is 2. The van der Waals surface area contributed by atoms with Crippen LogP contribution in [-0.4, -0.2) is 16.9 Å². The Kier molecular flexibility index (Phi) is 5.03. The van der Waals surface area contributed by atoms with Crippen LogP contribution >= 0.6 is 46.4 Å². The first-order valence-electron chi connectivity index (χ1n) is 5.96.